The zero-order chi connectivity index (χ0) is 32.9. The Balaban J connectivity index is 1.15. The number of aromatic amines is 1. The average molecular weight is 661 g/mol. The lowest BCUT2D eigenvalue weighted by atomic mass is 9.72. The summed E-state index contributed by atoms with van der Waals surface area (Å²) >= 11 is 6.20. The van der Waals surface area contributed by atoms with Crippen molar-refractivity contribution in [1.29, 1.82) is 0 Å². The summed E-state index contributed by atoms with van der Waals surface area (Å²) in [6.45, 7) is 7.29. The van der Waals surface area contributed by atoms with Gasteiger partial charge in [0.1, 0.15) is 11.3 Å². The molecule has 2 aromatic heterocycles. The van der Waals surface area contributed by atoms with Gasteiger partial charge in [-0.2, -0.15) is 4.98 Å². The van der Waals surface area contributed by atoms with Crippen molar-refractivity contribution in [2.45, 2.75) is 39.0 Å². The number of benzene rings is 2. The molecule has 2 aliphatic heterocycles. The monoisotopic (exact) mass is 660 g/mol. The number of carbonyl (C=O) groups excluding carboxylic acids is 1. The summed E-state index contributed by atoms with van der Waals surface area (Å²) in [4.78, 5) is 26.3. The van der Waals surface area contributed by atoms with Crippen molar-refractivity contribution in [3.63, 3.8) is 0 Å². The first-order valence-electron chi connectivity index (χ1n) is 16.1. The Morgan fingerprint density at radius 3 is 2.55 bits per heavy atom. The standard InChI is InChI=1S/C36H39ClF2N6O2/c1-35(2)11-9-25(29(19-35)23-3-5-26(37)6-4-23)20-43-13-15-44(16-14-43)27-7-8-28(32(40)46)30(18-27)45-21-36(38,39)22-47-34-31(45)17-24-10-12-41-33(24)42-34/h3-8,10,12,17-18H,9,11,13-16,19-22H2,1-2H3,(H2,40,46)(H,41,42). The van der Waals surface area contributed by atoms with Crippen LogP contribution in [-0.2, 0) is 0 Å². The number of alkyl halides is 2. The summed E-state index contributed by atoms with van der Waals surface area (Å²) in [6.07, 6.45) is 4.99. The molecule has 2 aromatic carbocycles. The molecule has 0 atom stereocenters. The normalized spacial score (nSPS) is 19.8. The van der Waals surface area contributed by atoms with Gasteiger partial charge in [0, 0.05) is 55.0 Å². The Morgan fingerprint density at radius 1 is 1.04 bits per heavy atom. The molecule has 246 valence electrons. The number of amides is 1. The van der Waals surface area contributed by atoms with Crippen LogP contribution in [0.3, 0.4) is 0 Å². The third-order valence-corrected chi connectivity index (χ3v) is 9.90. The fourth-order valence-electron chi connectivity index (χ4n) is 7.05. The number of anilines is 3. The second kappa shape index (κ2) is 12.1. The van der Waals surface area contributed by atoms with Gasteiger partial charge in [-0.3, -0.25) is 9.69 Å². The fraction of sp³-hybridized carbons (Fsp3) is 0.389. The molecule has 0 radical (unpaired) electrons. The Morgan fingerprint density at radius 2 is 1.81 bits per heavy atom. The predicted octanol–water partition coefficient (Wildman–Crippen LogP) is 7.27. The molecule has 1 saturated heterocycles. The maximum Gasteiger partial charge on any atom is 0.298 e. The summed E-state index contributed by atoms with van der Waals surface area (Å²) in [7, 11) is 0. The Labute approximate surface area is 278 Å². The molecule has 0 saturated carbocycles. The molecular formula is C36H39ClF2N6O2. The highest BCUT2D eigenvalue weighted by Gasteiger charge is 2.39. The number of nitrogens with two attached hydrogens (primary N) is 1. The third-order valence-electron chi connectivity index (χ3n) is 9.65. The molecule has 1 fully saturated rings. The number of halogens is 3. The van der Waals surface area contributed by atoms with Crippen molar-refractivity contribution >= 4 is 51.2 Å². The minimum Gasteiger partial charge on any atom is -0.470 e. The number of rotatable bonds is 6. The summed E-state index contributed by atoms with van der Waals surface area (Å²) in [6, 6.07) is 17.1. The first-order chi connectivity index (χ1) is 22.4. The van der Waals surface area contributed by atoms with Crippen LogP contribution in [0.1, 0.15) is 49.0 Å². The highest BCUT2D eigenvalue weighted by atomic mass is 35.5. The number of fused-ring (bicyclic) bond motifs is 2. The van der Waals surface area contributed by atoms with E-state index in [2.05, 4.69) is 45.7 Å². The second-order valence-electron chi connectivity index (χ2n) is 13.7. The number of aromatic nitrogens is 2. The summed E-state index contributed by atoms with van der Waals surface area (Å²) in [5, 5.41) is 1.48. The average Bonchev–Trinajstić information content (AvgIpc) is 3.46. The van der Waals surface area contributed by atoms with Gasteiger partial charge in [0.2, 0.25) is 5.88 Å². The number of nitrogens with zero attached hydrogens (tertiary/aromatic N) is 4. The van der Waals surface area contributed by atoms with Crippen molar-refractivity contribution in [3.8, 4) is 5.88 Å². The van der Waals surface area contributed by atoms with E-state index in [1.807, 2.05) is 24.3 Å². The van der Waals surface area contributed by atoms with Gasteiger partial charge in [-0.1, -0.05) is 43.2 Å². The molecule has 1 aliphatic carbocycles. The molecule has 4 aromatic rings. The van der Waals surface area contributed by atoms with Gasteiger partial charge < -0.3 is 25.3 Å². The maximum absolute atomic E-state index is 15.1. The van der Waals surface area contributed by atoms with Crippen molar-refractivity contribution in [3.05, 3.63) is 82.5 Å². The quantitative estimate of drug-likeness (QED) is 0.226. The number of ether oxygens (including phenoxy) is 1. The van der Waals surface area contributed by atoms with E-state index in [0.717, 1.165) is 68.1 Å². The van der Waals surface area contributed by atoms with E-state index >= 15 is 8.78 Å². The first-order valence-corrected chi connectivity index (χ1v) is 16.5. The van der Waals surface area contributed by atoms with Crippen molar-refractivity contribution in [2.24, 2.45) is 11.1 Å². The van der Waals surface area contributed by atoms with E-state index < -0.39 is 25.0 Å². The summed E-state index contributed by atoms with van der Waals surface area (Å²) in [5.74, 6) is -3.81. The van der Waals surface area contributed by atoms with Gasteiger partial charge in [-0.25, -0.2) is 8.78 Å². The van der Waals surface area contributed by atoms with Crippen LogP contribution in [0.2, 0.25) is 5.02 Å². The van der Waals surface area contributed by atoms with Crippen molar-refractivity contribution < 1.29 is 18.3 Å². The molecule has 0 bridgehead atoms. The van der Waals surface area contributed by atoms with Crippen LogP contribution in [0.5, 0.6) is 5.88 Å². The van der Waals surface area contributed by atoms with Crippen molar-refractivity contribution in [1.82, 2.24) is 14.9 Å². The van der Waals surface area contributed by atoms with E-state index in [4.69, 9.17) is 22.1 Å². The minimum atomic E-state index is -3.20. The highest BCUT2D eigenvalue weighted by molar-refractivity contribution is 6.30. The van der Waals surface area contributed by atoms with E-state index in [1.165, 1.54) is 21.6 Å². The number of hydrogen-bond acceptors (Lipinski definition) is 6. The molecule has 4 heterocycles. The topological polar surface area (TPSA) is 90.7 Å². The van der Waals surface area contributed by atoms with Gasteiger partial charge in [0.05, 0.1) is 17.8 Å². The first kappa shape index (κ1) is 31.4. The van der Waals surface area contributed by atoms with Crippen LogP contribution in [0.15, 0.2) is 66.4 Å². The molecule has 47 heavy (non-hydrogen) atoms. The predicted molar refractivity (Wildman–Crippen MR) is 183 cm³/mol. The summed E-state index contributed by atoms with van der Waals surface area (Å²) < 4.78 is 35.7. The van der Waals surface area contributed by atoms with Crippen LogP contribution in [0, 0.1) is 5.41 Å². The van der Waals surface area contributed by atoms with E-state index in [0.29, 0.717) is 17.0 Å². The van der Waals surface area contributed by atoms with E-state index in [1.54, 1.807) is 24.4 Å². The molecule has 8 nitrogen and oxygen atoms in total. The van der Waals surface area contributed by atoms with Gasteiger partial charge in [-0.15, -0.1) is 0 Å². The number of H-pyrrole nitrogens is 1. The molecule has 0 spiro atoms. The number of nitrogens with one attached hydrogen (secondary N) is 1. The molecule has 3 N–H and O–H groups in total. The van der Waals surface area contributed by atoms with Crippen LogP contribution in [-0.4, -0.2) is 72.6 Å². The van der Waals surface area contributed by atoms with Crippen LogP contribution in [0.4, 0.5) is 25.8 Å². The van der Waals surface area contributed by atoms with Crippen LogP contribution >= 0.6 is 11.6 Å². The fourth-order valence-corrected chi connectivity index (χ4v) is 7.18. The van der Waals surface area contributed by atoms with Crippen LogP contribution in [0.25, 0.3) is 16.6 Å². The van der Waals surface area contributed by atoms with E-state index in [-0.39, 0.29) is 16.9 Å². The molecule has 1 amide bonds. The maximum atomic E-state index is 15.1. The molecule has 7 rings (SSSR count). The molecule has 11 heteroatoms. The van der Waals surface area contributed by atoms with Gasteiger partial charge in [0.15, 0.2) is 6.61 Å². The van der Waals surface area contributed by atoms with Crippen LogP contribution < -0.4 is 20.3 Å². The smallest absolute Gasteiger partial charge is 0.298 e. The number of carbonyl (C=O) groups is 1. The number of pyridine rings is 1. The molecule has 0 unspecified atom stereocenters. The zero-order valence-electron chi connectivity index (χ0n) is 26.7. The lowest BCUT2D eigenvalue weighted by Crippen LogP contribution is -2.47. The van der Waals surface area contributed by atoms with Crippen molar-refractivity contribution in [2.75, 3.05) is 55.7 Å². The lowest BCUT2D eigenvalue weighted by Gasteiger charge is -2.39. The van der Waals surface area contributed by atoms with Gasteiger partial charge in [0.25, 0.3) is 11.8 Å². The largest absolute Gasteiger partial charge is 0.470 e. The molecular weight excluding hydrogens is 622 g/mol. The lowest BCUT2D eigenvalue weighted by molar-refractivity contribution is -0.0286. The number of piperazine rings is 1. The Hall–Kier alpha value is -4.15. The minimum absolute atomic E-state index is 0.0740. The number of allylic oxidation sites excluding steroid dienone is 1. The Bertz CT molecular complexity index is 1850. The Kier molecular flexibility index (Phi) is 8.12. The summed E-state index contributed by atoms with van der Waals surface area (Å²) in [5.41, 5.74) is 12.4. The zero-order valence-corrected chi connectivity index (χ0v) is 27.4. The SMILES string of the molecule is CC1(C)CCC(CN2CCN(c3ccc(C(N)=O)c(N4CC(F)(F)COc5nc6[nH]ccc6cc54)c3)CC2)=C(c2ccc(Cl)cc2)C1. The van der Waals surface area contributed by atoms with E-state index in [9.17, 15) is 4.79 Å². The molecule has 3 aliphatic rings. The van der Waals surface area contributed by atoms with Gasteiger partial charge in [-0.05, 0) is 78.3 Å². The van der Waals surface area contributed by atoms with Gasteiger partial charge >= 0.3 is 0 Å². The number of hydrogen-bond donors (Lipinski definition) is 2. The third kappa shape index (κ3) is 6.53. The second-order valence-corrected chi connectivity index (χ2v) is 14.2. The number of primary amides is 1. The highest BCUT2D eigenvalue weighted by Crippen LogP contribution is 2.44.